The van der Waals surface area contributed by atoms with Gasteiger partial charge in [0, 0.05) is 0 Å². The fourth-order valence-corrected chi connectivity index (χ4v) is 1.43. The average molecular weight is 241 g/mol. The van der Waals surface area contributed by atoms with Gasteiger partial charge in [0.15, 0.2) is 0 Å². The largest absolute Gasteiger partial charge is 0.496 e. The number of nitrogens with one attached hydrogen (secondary N) is 1. The quantitative estimate of drug-likeness (QED) is 0.599. The lowest BCUT2D eigenvalue weighted by atomic mass is 10.1. The van der Waals surface area contributed by atoms with Crippen LogP contribution in [0.1, 0.15) is 5.56 Å². The van der Waals surface area contributed by atoms with Gasteiger partial charge < -0.3 is 14.8 Å². The summed E-state index contributed by atoms with van der Waals surface area (Å²) in [5.74, 6) is 0.0243. The van der Waals surface area contributed by atoms with Crippen molar-refractivity contribution in [3.05, 3.63) is 29.6 Å². The van der Waals surface area contributed by atoms with Crippen LogP contribution in [0.2, 0.25) is 0 Å². The van der Waals surface area contributed by atoms with Crippen molar-refractivity contribution < 1.29 is 18.7 Å². The Bertz CT molecular complexity index is 382. The molecule has 94 valence electrons. The zero-order valence-corrected chi connectivity index (χ0v) is 9.96. The van der Waals surface area contributed by atoms with Gasteiger partial charge in [-0.3, -0.25) is 4.79 Å². The summed E-state index contributed by atoms with van der Waals surface area (Å²) in [5.41, 5.74) is 0.768. The average Bonchev–Trinajstić information content (AvgIpc) is 2.34. The van der Waals surface area contributed by atoms with E-state index in [-0.39, 0.29) is 18.3 Å². The van der Waals surface area contributed by atoms with Gasteiger partial charge in [-0.05, 0) is 36.7 Å². The first kappa shape index (κ1) is 13.4. The van der Waals surface area contributed by atoms with Crippen LogP contribution in [0.3, 0.4) is 0 Å². The maximum atomic E-state index is 13.0. The summed E-state index contributed by atoms with van der Waals surface area (Å²) >= 11 is 0. The lowest BCUT2D eigenvalue weighted by molar-refractivity contribution is -0.139. The number of ether oxygens (including phenoxy) is 2. The van der Waals surface area contributed by atoms with Crippen LogP contribution in [0.15, 0.2) is 18.2 Å². The van der Waals surface area contributed by atoms with Crippen molar-refractivity contribution in [3.8, 4) is 5.75 Å². The normalized spacial score (nSPS) is 10.1. The number of carbonyl (C=O) groups excluding carboxylic acids is 1. The zero-order valence-electron chi connectivity index (χ0n) is 9.96. The second-order valence-corrected chi connectivity index (χ2v) is 3.46. The molecule has 1 aromatic carbocycles. The van der Waals surface area contributed by atoms with Crippen LogP contribution < -0.4 is 10.1 Å². The predicted molar refractivity (Wildman–Crippen MR) is 61.5 cm³/mol. The summed E-state index contributed by atoms with van der Waals surface area (Å²) in [6, 6.07) is 4.37. The number of hydrogen-bond donors (Lipinski definition) is 1. The number of carbonyl (C=O) groups is 1. The molecule has 17 heavy (non-hydrogen) atoms. The molecule has 1 rings (SSSR count). The molecule has 0 fully saturated rings. The monoisotopic (exact) mass is 241 g/mol. The first-order chi connectivity index (χ1) is 8.17. The van der Waals surface area contributed by atoms with Crippen molar-refractivity contribution in [2.45, 2.75) is 6.42 Å². The van der Waals surface area contributed by atoms with E-state index in [0.717, 1.165) is 5.56 Å². The Morgan fingerprint density at radius 2 is 2.18 bits per heavy atom. The first-order valence-corrected chi connectivity index (χ1v) is 5.27. The zero-order chi connectivity index (χ0) is 12.7. The lowest BCUT2D eigenvalue weighted by Crippen LogP contribution is -2.25. The number of rotatable bonds is 6. The smallest absolute Gasteiger partial charge is 0.319 e. The maximum Gasteiger partial charge on any atom is 0.319 e. The van der Waals surface area contributed by atoms with Gasteiger partial charge in [-0.2, -0.15) is 0 Å². The molecular formula is C12H16FNO3. The molecule has 0 spiro atoms. The van der Waals surface area contributed by atoms with Crippen LogP contribution in [0.25, 0.3) is 0 Å². The minimum Gasteiger partial charge on any atom is -0.496 e. The third-order valence-corrected chi connectivity index (χ3v) is 2.31. The van der Waals surface area contributed by atoms with Crippen molar-refractivity contribution in [2.24, 2.45) is 0 Å². The summed E-state index contributed by atoms with van der Waals surface area (Å²) in [7, 11) is 2.87. The van der Waals surface area contributed by atoms with Crippen LogP contribution in [0.4, 0.5) is 4.39 Å². The minimum atomic E-state index is -0.323. The highest BCUT2D eigenvalue weighted by molar-refractivity contribution is 5.71. The molecule has 0 saturated heterocycles. The van der Waals surface area contributed by atoms with Gasteiger partial charge in [0.05, 0.1) is 20.8 Å². The number of benzene rings is 1. The van der Waals surface area contributed by atoms with Gasteiger partial charge in [0.25, 0.3) is 0 Å². The molecular weight excluding hydrogens is 225 g/mol. The van der Waals surface area contributed by atoms with Crippen molar-refractivity contribution in [2.75, 3.05) is 27.3 Å². The second kappa shape index (κ2) is 6.85. The second-order valence-electron chi connectivity index (χ2n) is 3.46. The molecule has 0 aliphatic rings. The van der Waals surface area contributed by atoms with Gasteiger partial charge in [-0.1, -0.05) is 0 Å². The van der Waals surface area contributed by atoms with Crippen LogP contribution >= 0.6 is 0 Å². The SMILES string of the molecule is COC(=O)CNCCc1cc(F)ccc1OC. The molecule has 0 amide bonds. The van der Waals surface area contributed by atoms with E-state index in [2.05, 4.69) is 10.1 Å². The van der Waals surface area contributed by atoms with Gasteiger partial charge >= 0.3 is 5.97 Å². The number of methoxy groups -OCH3 is 2. The summed E-state index contributed by atoms with van der Waals surface area (Å²) in [6.07, 6.45) is 0.581. The number of esters is 1. The molecule has 0 radical (unpaired) electrons. The third kappa shape index (κ3) is 4.40. The first-order valence-electron chi connectivity index (χ1n) is 5.27. The van der Waals surface area contributed by atoms with Gasteiger partial charge in [-0.25, -0.2) is 4.39 Å². The van der Waals surface area contributed by atoms with Gasteiger partial charge in [0.2, 0.25) is 0 Å². The van der Waals surface area contributed by atoms with E-state index in [1.807, 2.05) is 0 Å². The Balaban J connectivity index is 2.45. The lowest BCUT2D eigenvalue weighted by Gasteiger charge is -2.08. The molecule has 1 N–H and O–H groups in total. The van der Waals surface area contributed by atoms with Crippen LogP contribution in [-0.2, 0) is 16.0 Å². The molecule has 0 unspecified atom stereocenters. The fraction of sp³-hybridized carbons (Fsp3) is 0.417. The van der Waals surface area contributed by atoms with Crippen molar-refractivity contribution in [3.63, 3.8) is 0 Å². The maximum absolute atomic E-state index is 13.0. The summed E-state index contributed by atoms with van der Waals surface area (Å²) in [5, 5.41) is 2.90. The Morgan fingerprint density at radius 1 is 1.41 bits per heavy atom. The van der Waals surface area contributed by atoms with E-state index in [1.54, 1.807) is 13.2 Å². The van der Waals surface area contributed by atoms with Crippen LogP contribution in [0, 0.1) is 5.82 Å². The van der Waals surface area contributed by atoms with E-state index in [0.29, 0.717) is 18.7 Å². The standard InChI is InChI=1S/C12H16FNO3/c1-16-11-4-3-10(13)7-9(11)5-6-14-8-12(15)17-2/h3-4,7,14H,5-6,8H2,1-2H3. The number of hydrogen-bond acceptors (Lipinski definition) is 4. The van der Waals surface area contributed by atoms with Crippen molar-refractivity contribution in [1.29, 1.82) is 0 Å². The summed E-state index contributed by atoms with van der Waals surface area (Å²) < 4.78 is 22.6. The van der Waals surface area contributed by atoms with Crippen molar-refractivity contribution >= 4 is 5.97 Å². The van der Waals surface area contributed by atoms with Crippen LogP contribution in [-0.4, -0.2) is 33.3 Å². The van der Waals surface area contributed by atoms with E-state index in [9.17, 15) is 9.18 Å². The Morgan fingerprint density at radius 3 is 2.82 bits per heavy atom. The molecule has 0 atom stereocenters. The highest BCUT2D eigenvalue weighted by Crippen LogP contribution is 2.19. The Hall–Kier alpha value is -1.62. The molecule has 0 heterocycles. The van der Waals surface area contributed by atoms with E-state index < -0.39 is 0 Å². The van der Waals surface area contributed by atoms with Gasteiger partial charge in [0.1, 0.15) is 11.6 Å². The third-order valence-electron chi connectivity index (χ3n) is 2.31. The topological polar surface area (TPSA) is 47.6 Å². The van der Waals surface area contributed by atoms with Crippen molar-refractivity contribution in [1.82, 2.24) is 5.32 Å². The Kier molecular flexibility index (Phi) is 5.42. The molecule has 0 aliphatic heterocycles. The number of halogens is 1. The Labute approximate surface area is 99.7 Å². The van der Waals surface area contributed by atoms with E-state index >= 15 is 0 Å². The van der Waals surface area contributed by atoms with E-state index in [4.69, 9.17) is 4.74 Å². The summed E-state index contributed by atoms with van der Waals surface area (Å²) in [4.78, 5) is 10.8. The van der Waals surface area contributed by atoms with E-state index in [1.165, 1.54) is 19.2 Å². The highest BCUT2D eigenvalue weighted by atomic mass is 19.1. The molecule has 0 saturated carbocycles. The molecule has 0 bridgehead atoms. The molecule has 5 heteroatoms. The highest BCUT2D eigenvalue weighted by Gasteiger charge is 2.05. The summed E-state index contributed by atoms with van der Waals surface area (Å²) in [6.45, 7) is 0.697. The molecule has 0 aromatic heterocycles. The molecule has 1 aromatic rings. The predicted octanol–water partition coefficient (Wildman–Crippen LogP) is 1.14. The van der Waals surface area contributed by atoms with Crippen LogP contribution in [0.5, 0.6) is 5.75 Å². The fourth-order valence-electron chi connectivity index (χ4n) is 1.43. The minimum absolute atomic E-state index is 0.147. The van der Waals surface area contributed by atoms with Gasteiger partial charge in [-0.15, -0.1) is 0 Å². The molecule has 0 aliphatic carbocycles. The molecule has 4 nitrogen and oxygen atoms in total.